The summed E-state index contributed by atoms with van der Waals surface area (Å²) in [4.78, 5) is 2.46. The molecule has 5 aliphatic carbocycles. The second-order valence-electron chi connectivity index (χ2n) is 15.5. The van der Waals surface area contributed by atoms with Crippen LogP contribution in [0.1, 0.15) is 69.6 Å². The van der Waals surface area contributed by atoms with Gasteiger partial charge in [-0.05, 0) is 137 Å². The van der Waals surface area contributed by atoms with Gasteiger partial charge in [0, 0.05) is 22.5 Å². The third-order valence-corrected chi connectivity index (χ3v) is 12.0. The molecule has 1 heteroatoms. The largest absolute Gasteiger partial charge is 0.310 e. The molecule has 45 heavy (non-hydrogen) atoms. The van der Waals surface area contributed by atoms with Gasteiger partial charge in [-0.1, -0.05) is 106 Å². The maximum Gasteiger partial charge on any atom is 0.0468 e. The highest BCUT2D eigenvalue weighted by molar-refractivity contribution is 5.87. The lowest BCUT2D eigenvalue weighted by atomic mass is 9.43. The third-order valence-electron chi connectivity index (χ3n) is 12.0. The molecular formula is C44H43N. The average molecular weight is 586 g/mol. The van der Waals surface area contributed by atoms with Gasteiger partial charge in [-0.2, -0.15) is 0 Å². The van der Waals surface area contributed by atoms with Gasteiger partial charge in [0.2, 0.25) is 0 Å². The molecule has 0 amide bonds. The van der Waals surface area contributed by atoms with Gasteiger partial charge < -0.3 is 4.90 Å². The van der Waals surface area contributed by atoms with E-state index in [9.17, 15) is 0 Å². The van der Waals surface area contributed by atoms with Crippen LogP contribution in [0.2, 0.25) is 0 Å². The first-order valence-electron chi connectivity index (χ1n) is 17.2. The molecule has 5 aliphatic rings. The minimum Gasteiger partial charge on any atom is -0.310 e. The first kappa shape index (κ1) is 27.2. The number of fused-ring (bicyclic) bond motifs is 3. The minimum atomic E-state index is 0.116. The Hall–Kier alpha value is -4.10. The van der Waals surface area contributed by atoms with E-state index in [1.807, 2.05) is 0 Å². The Morgan fingerprint density at radius 2 is 1.04 bits per heavy atom. The van der Waals surface area contributed by atoms with Crippen LogP contribution in [0, 0.1) is 23.7 Å². The van der Waals surface area contributed by atoms with Crippen LogP contribution in [0.5, 0.6) is 0 Å². The van der Waals surface area contributed by atoms with Crippen LogP contribution in [0.15, 0.2) is 121 Å². The van der Waals surface area contributed by atoms with Crippen molar-refractivity contribution in [3.05, 3.63) is 138 Å². The van der Waals surface area contributed by atoms with Crippen molar-refractivity contribution in [3.8, 4) is 22.3 Å². The summed E-state index contributed by atoms with van der Waals surface area (Å²) in [6.07, 6.45) is 7.17. The van der Waals surface area contributed by atoms with Crippen LogP contribution in [0.25, 0.3) is 22.3 Å². The van der Waals surface area contributed by atoms with E-state index in [4.69, 9.17) is 0 Å². The molecule has 0 aliphatic heterocycles. The molecule has 0 heterocycles. The van der Waals surface area contributed by atoms with Gasteiger partial charge >= 0.3 is 0 Å². The number of hydrogen-bond donors (Lipinski definition) is 0. The molecular weight excluding hydrogens is 542 g/mol. The maximum absolute atomic E-state index is 2.54. The maximum atomic E-state index is 2.54. The molecule has 0 N–H and O–H groups in total. The topological polar surface area (TPSA) is 3.24 Å². The molecule has 10 rings (SSSR count). The van der Waals surface area contributed by atoms with E-state index in [0.29, 0.717) is 0 Å². The Bertz CT molecular complexity index is 1850. The molecule has 1 nitrogen and oxygen atoms in total. The second-order valence-corrected chi connectivity index (χ2v) is 15.5. The minimum absolute atomic E-state index is 0.116. The fourth-order valence-corrected chi connectivity index (χ4v) is 10.3. The van der Waals surface area contributed by atoms with Gasteiger partial charge in [0.05, 0.1) is 0 Å². The molecule has 0 saturated heterocycles. The number of rotatable bonds is 4. The van der Waals surface area contributed by atoms with Crippen LogP contribution in [0.4, 0.5) is 17.1 Å². The van der Waals surface area contributed by atoms with Crippen LogP contribution in [-0.4, -0.2) is 0 Å². The lowest BCUT2D eigenvalue weighted by molar-refractivity contribution is -0.0399. The van der Waals surface area contributed by atoms with Crippen molar-refractivity contribution in [2.75, 3.05) is 4.90 Å². The molecule has 224 valence electrons. The number of hydrogen-bond acceptors (Lipinski definition) is 1. The standard InChI is InChI=1S/C44H43N/c1-43(2,3)33-15-19-37(20-16-33)45(36-17-13-32(14-18-36)31-9-5-4-6-10-31)38-21-22-42-40(28-38)39-11-7-8-12-41(39)44(42)34-24-29-23-30(26-34)27-35(44)25-29/h4-22,28-30,34-35H,23-27H2,1-3H3. The number of anilines is 3. The molecule has 0 aromatic heterocycles. The van der Waals surface area contributed by atoms with E-state index >= 15 is 0 Å². The molecule has 0 unspecified atom stereocenters. The smallest absolute Gasteiger partial charge is 0.0468 e. The monoisotopic (exact) mass is 585 g/mol. The molecule has 1 spiro atoms. The van der Waals surface area contributed by atoms with Crippen molar-refractivity contribution in [2.45, 2.75) is 63.7 Å². The first-order chi connectivity index (χ1) is 21.9. The van der Waals surface area contributed by atoms with Crippen molar-refractivity contribution in [1.82, 2.24) is 0 Å². The van der Waals surface area contributed by atoms with Crippen LogP contribution >= 0.6 is 0 Å². The van der Waals surface area contributed by atoms with E-state index in [1.54, 1.807) is 11.1 Å². The predicted molar refractivity (Wildman–Crippen MR) is 189 cm³/mol. The predicted octanol–water partition coefficient (Wildman–Crippen LogP) is 11.8. The molecule has 0 radical (unpaired) electrons. The number of nitrogens with zero attached hydrogens (tertiary/aromatic N) is 1. The van der Waals surface area contributed by atoms with Gasteiger partial charge in [0.1, 0.15) is 0 Å². The summed E-state index contributed by atoms with van der Waals surface area (Å²) in [7, 11) is 0. The van der Waals surface area contributed by atoms with E-state index in [-0.39, 0.29) is 10.8 Å². The summed E-state index contributed by atoms with van der Waals surface area (Å²) in [6, 6.07) is 46.0. The van der Waals surface area contributed by atoms with Gasteiger partial charge in [-0.25, -0.2) is 0 Å². The first-order valence-corrected chi connectivity index (χ1v) is 17.2. The summed E-state index contributed by atoms with van der Waals surface area (Å²) in [5, 5.41) is 0. The highest BCUT2D eigenvalue weighted by atomic mass is 15.1. The van der Waals surface area contributed by atoms with Crippen molar-refractivity contribution >= 4 is 17.1 Å². The Morgan fingerprint density at radius 1 is 0.511 bits per heavy atom. The second kappa shape index (κ2) is 9.95. The Labute approximate surface area is 269 Å². The van der Waals surface area contributed by atoms with E-state index in [2.05, 4.69) is 147 Å². The van der Waals surface area contributed by atoms with Gasteiger partial charge in [-0.3, -0.25) is 0 Å². The number of benzene rings is 5. The van der Waals surface area contributed by atoms with Gasteiger partial charge in [-0.15, -0.1) is 0 Å². The van der Waals surface area contributed by atoms with Crippen molar-refractivity contribution in [3.63, 3.8) is 0 Å². The Morgan fingerprint density at radius 3 is 1.69 bits per heavy atom. The molecule has 5 aromatic rings. The Balaban J connectivity index is 1.19. The highest BCUT2D eigenvalue weighted by Gasteiger charge is 2.61. The summed E-state index contributed by atoms with van der Waals surface area (Å²) in [5.41, 5.74) is 14.0. The molecule has 0 atom stereocenters. The molecule has 4 fully saturated rings. The molecule has 4 saturated carbocycles. The third kappa shape index (κ3) is 4.12. The van der Waals surface area contributed by atoms with E-state index in [0.717, 1.165) is 23.7 Å². The van der Waals surface area contributed by atoms with E-state index in [1.165, 1.54) is 77.0 Å². The van der Waals surface area contributed by atoms with Crippen molar-refractivity contribution in [2.24, 2.45) is 23.7 Å². The van der Waals surface area contributed by atoms with Gasteiger partial charge in [0.25, 0.3) is 0 Å². The zero-order chi connectivity index (χ0) is 30.3. The zero-order valence-electron chi connectivity index (χ0n) is 26.8. The highest BCUT2D eigenvalue weighted by Crippen LogP contribution is 2.69. The molecule has 4 bridgehead atoms. The van der Waals surface area contributed by atoms with Crippen LogP contribution in [-0.2, 0) is 10.8 Å². The Kier molecular flexibility index (Phi) is 6.02. The summed E-state index contributed by atoms with van der Waals surface area (Å²) in [5.74, 6) is 3.49. The van der Waals surface area contributed by atoms with Crippen LogP contribution < -0.4 is 4.90 Å². The SMILES string of the molecule is CC(C)(C)c1ccc(N(c2ccc(-c3ccccc3)cc2)c2ccc3c(c2)-c2ccccc2C32C3CC4CC(C3)CC2C4)cc1. The summed E-state index contributed by atoms with van der Waals surface area (Å²) < 4.78 is 0. The lowest BCUT2D eigenvalue weighted by Gasteiger charge is -2.61. The zero-order valence-corrected chi connectivity index (χ0v) is 26.8. The van der Waals surface area contributed by atoms with Gasteiger partial charge in [0.15, 0.2) is 0 Å². The fourth-order valence-electron chi connectivity index (χ4n) is 10.3. The average Bonchev–Trinajstić information content (AvgIpc) is 3.34. The quantitative estimate of drug-likeness (QED) is 0.203. The summed E-state index contributed by atoms with van der Waals surface area (Å²) >= 11 is 0. The molecule has 5 aromatic carbocycles. The lowest BCUT2D eigenvalue weighted by Crippen LogP contribution is -2.55. The summed E-state index contributed by atoms with van der Waals surface area (Å²) in [6.45, 7) is 6.87. The van der Waals surface area contributed by atoms with E-state index < -0.39 is 0 Å². The fraction of sp³-hybridized carbons (Fsp3) is 0.318. The van der Waals surface area contributed by atoms with Crippen molar-refractivity contribution < 1.29 is 0 Å². The van der Waals surface area contributed by atoms with Crippen LogP contribution in [0.3, 0.4) is 0 Å². The van der Waals surface area contributed by atoms with Crippen molar-refractivity contribution in [1.29, 1.82) is 0 Å². The normalized spacial score (nSPS) is 25.8.